The molecule has 3 N–H and O–H groups in total. The summed E-state index contributed by atoms with van der Waals surface area (Å²) in [6.07, 6.45) is 1.60. The molecule has 102 valence electrons. The van der Waals surface area contributed by atoms with E-state index < -0.39 is 0 Å². The molecular formula is C11H15N5OS2. The first-order valence-corrected chi connectivity index (χ1v) is 8.04. The van der Waals surface area contributed by atoms with Crippen molar-refractivity contribution in [2.45, 2.75) is 29.6 Å². The molecule has 6 nitrogen and oxygen atoms in total. The molecule has 0 aromatic carbocycles. The minimum Gasteiger partial charge on any atom is -0.383 e. The second kappa shape index (κ2) is 5.09. The maximum Gasteiger partial charge on any atom is 0.263 e. The van der Waals surface area contributed by atoms with Crippen molar-refractivity contribution < 1.29 is 4.52 Å². The van der Waals surface area contributed by atoms with E-state index >= 15 is 0 Å². The highest BCUT2D eigenvalue weighted by Gasteiger charge is 2.30. The van der Waals surface area contributed by atoms with E-state index in [4.69, 9.17) is 10.3 Å². The van der Waals surface area contributed by atoms with Crippen LogP contribution in [0.15, 0.2) is 10.7 Å². The summed E-state index contributed by atoms with van der Waals surface area (Å²) >= 11 is 3.86. The largest absolute Gasteiger partial charge is 0.383 e. The first-order chi connectivity index (χ1) is 9.15. The Morgan fingerprint density at radius 2 is 2.26 bits per heavy atom. The zero-order valence-electron chi connectivity index (χ0n) is 10.7. The number of hydrogen-bond acceptors (Lipinski definition) is 7. The second-order valence-corrected chi connectivity index (χ2v) is 7.52. The first kappa shape index (κ1) is 12.9. The number of nitrogens with zero attached hydrogens (tertiary/aromatic N) is 3. The predicted molar refractivity (Wildman–Crippen MR) is 78.0 cm³/mol. The average Bonchev–Trinajstić information content (AvgIpc) is 3.01. The van der Waals surface area contributed by atoms with Crippen molar-refractivity contribution in [3.63, 3.8) is 0 Å². The van der Waals surface area contributed by atoms with Crippen molar-refractivity contribution in [1.82, 2.24) is 20.3 Å². The molecule has 3 atom stereocenters. The van der Waals surface area contributed by atoms with Crippen LogP contribution in [0.3, 0.4) is 0 Å². The molecule has 8 heteroatoms. The molecule has 0 bridgehead atoms. The summed E-state index contributed by atoms with van der Waals surface area (Å²) < 4.78 is 5.28. The Morgan fingerprint density at radius 3 is 2.95 bits per heavy atom. The third-order valence-electron chi connectivity index (χ3n) is 3.18. The van der Waals surface area contributed by atoms with E-state index in [0.717, 1.165) is 11.6 Å². The quantitative estimate of drug-likeness (QED) is 0.878. The highest BCUT2D eigenvalue weighted by molar-refractivity contribution is 8.07. The minimum absolute atomic E-state index is 0.279. The molecule has 0 spiro atoms. The van der Waals surface area contributed by atoms with Gasteiger partial charge in [0.15, 0.2) is 5.82 Å². The fourth-order valence-corrected chi connectivity index (χ4v) is 4.69. The van der Waals surface area contributed by atoms with Gasteiger partial charge in [-0.25, -0.2) is 0 Å². The number of nitrogens with one attached hydrogen (secondary N) is 1. The number of hydrogen-bond donors (Lipinski definition) is 2. The van der Waals surface area contributed by atoms with Gasteiger partial charge in [-0.15, -0.1) is 11.8 Å². The summed E-state index contributed by atoms with van der Waals surface area (Å²) in [6, 6.07) is 0. The van der Waals surface area contributed by atoms with Crippen molar-refractivity contribution >= 4 is 29.3 Å². The van der Waals surface area contributed by atoms with Gasteiger partial charge < -0.3 is 10.3 Å². The molecule has 0 aliphatic carbocycles. The monoisotopic (exact) mass is 297 g/mol. The number of thioether (sulfide) groups is 2. The summed E-state index contributed by atoms with van der Waals surface area (Å²) in [5.41, 5.74) is 6.41. The predicted octanol–water partition coefficient (Wildman–Crippen LogP) is 2.34. The normalized spacial score (nSPS) is 27.6. The van der Waals surface area contributed by atoms with Crippen LogP contribution in [0.2, 0.25) is 0 Å². The van der Waals surface area contributed by atoms with Crippen LogP contribution in [0, 0.1) is 0 Å². The first-order valence-electron chi connectivity index (χ1n) is 6.05. The van der Waals surface area contributed by atoms with Gasteiger partial charge in [-0.05, 0) is 0 Å². The molecule has 0 amide bonds. The van der Waals surface area contributed by atoms with E-state index in [-0.39, 0.29) is 5.25 Å². The third-order valence-corrected chi connectivity index (χ3v) is 6.57. The van der Waals surface area contributed by atoms with Gasteiger partial charge in [-0.2, -0.15) is 21.8 Å². The van der Waals surface area contributed by atoms with Crippen molar-refractivity contribution in [3.05, 3.63) is 12.0 Å². The molecule has 0 radical (unpaired) electrons. The van der Waals surface area contributed by atoms with Crippen molar-refractivity contribution in [1.29, 1.82) is 0 Å². The van der Waals surface area contributed by atoms with Gasteiger partial charge >= 0.3 is 0 Å². The van der Waals surface area contributed by atoms with Crippen LogP contribution in [0.5, 0.6) is 0 Å². The number of nitrogen functional groups attached to an aromatic ring is 1. The fraction of sp³-hybridized carbons (Fsp3) is 0.545. The molecular weight excluding hydrogens is 282 g/mol. The molecule has 2 aromatic rings. The van der Waals surface area contributed by atoms with Gasteiger partial charge in [0.1, 0.15) is 11.4 Å². The summed E-state index contributed by atoms with van der Waals surface area (Å²) in [6.45, 7) is 4.50. The minimum atomic E-state index is 0.279. The summed E-state index contributed by atoms with van der Waals surface area (Å²) in [4.78, 5) is 4.44. The van der Waals surface area contributed by atoms with Gasteiger partial charge in [-0.3, -0.25) is 5.10 Å². The van der Waals surface area contributed by atoms with Gasteiger partial charge in [0.05, 0.1) is 11.4 Å². The molecule has 3 unspecified atom stereocenters. The number of aromatic amines is 1. The molecule has 3 rings (SSSR count). The van der Waals surface area contributed by atoms with Crippen LogP contribution in [0.1, 0.15) is 24.9 Å². The van der Waals surface area contributed by atoms with Crippen molar-refractivity contribution in [2.24, 2.45) is 0 Å². The number of anilines is 1. The second-order valence-electron chi connectivity index (χ2n) is 4.52. The molecule has 3 heterocycles. The topological polar surface area (TPSA) is 93.6 Å². The molecule has 0 saturated carbocycles. The molecule has 1 saturated heterocycles. The Morgan fingerprint density at radius 1 is 1.42 bits per heavy atom. The van der Waals surface area contributed by atoms with E-state index in [1.807, 2.05) is 23.5 Å². The van der Waals surface area contributed by atoms with Gasteiger partial charge in [0, 0.05) is 16.3 Å². The average molecular weight is 297 g/mol. The van der Waals surface area contributed by atoms with Crippen LogP contribution in [0.25, 0.3) is 11.5 Å². The van der Waals surface area contributed by atoms with Crippen LogP contribution < -0.4 is 5.73 Å². The fourth-order valence-electron chi connectivity index (χ4n) is 1.86. The Bertz CT molecular complexity index is 569. The highest BCUT2D eigenvalue weighted by atomic mass is 32.2. The Balaban J connectivity index is 1.80. The Kier molecular flexibility index (Phi) is 3.44. The number of nitrogens with two attached hydrogens (primary N) is 1. The Labute approximate surface area is 119 Å². The van der Waals surface area contributed by atoms with E-state index in [1.165, 1.54) is 0 Å². The highest BCUT2D eigenvalue weighted by Crippen LogP contribution is 2.43. The SMILES string of the molecule is CC1SCC(c2noc(-c3cn[nH]c3N)n2)SC1C. The van der Waals surface area contributed by atoms with Gasteiger partial charge in [-0.1, -0.05) is 19.0 Å². The smallest absolute Gasteiger partial charge is 0.263 e. The van der Waals surface area contributed by atoms with Crippen LogP contribution in [-0.4, -0.2) is 36.6 Å². The zero-order chi connectivity index (χ0) is 13.4. The lowest BCUT2D eigenvalue weighted by Crippen LogP contribution is -2.22. The van der Waals surface area contributed by atoms with E-state index in [9.17, 15) is 0 Å². The maximum atomic E-state index is 5.75. The van der Waals surface area contributed by atoms with E-state index in [2.05, 4.69) is 34.2 Å². The molecule has 1 aliphatic heterocycles. The molecule has 19 heavy (non-hydrogen) atoms. The van der Waals surface area contributed by atoms with Crippen molar-refractivity contribution in [3.8, 4) is 11.5 Å². The molecule has 1 aliphatic rings. The van der Waals surface area contributed by atoms with E-state index in [0.29, 0.717) is 27.8 Å². The third kappa shape index (κ3) is 2.46. The lowest BCUT2D eigenvalue weighted by atomic mass is 10.3. The van der Waals surface area contributed by atoms with Crippen LogP contribution >= 0.6 is 23.5 Å². The van der Waals surface area contributed by atoms with Crippen LogP contribution in [-0.2, 0) is 0 Å². The molecule has 1 fully saturated rings. The summed E-state index contributed by atoms with van der Waals surface area (Å²) in [5, 5.41) is 12.1. The number of H-pyrrole nitrogens is 1. The standard InChI is InChI=1S/C11H15N5OS2/c1-5-6(2)19-8(4-18-5)10-14-11(17-16-10)7-3-13-15-9(7)12/h3,5-6,8H,4H2,1-2H3,(H3,12,13,15). The van der Waals surface area contributed by atoms with Crippen LogP contribution in [0.4, 0.5) is 5.82 Å². The summed E-state index contributed by atoms with van der Waals surface area (Å²) in [7, 11) is 0. The van der Waals surface area contributed by atoms with Gasteiger partial charge in [0.25, 0.3) is 5.89 Å². The summed E-state index contributed by atoms with van der Waals surface area (Å²) in [5.74, 6) is 2.63. The van der Waals surface area contributed by atoms with Gasteiger partial charge in [0.2, 0.25) is 0 Å². The molecule has 2 aromatic heterocycles. The number of aromatic nitrogens is 4. The lowest BCUT2D eigenvalue weighted by Gasteiger charge is -2.29. The lowest BCUT2D eigenvalue weighted by molar-refractivity contribution is 0.423. The number of rotatable bonds is 2. The Hall–Kier alpha value is -1.15. The van der Waals surface area contributed by atoms with E-state index in [1.54, 1.807) is 6.20 Å². The zero-order valence-corrected chi connectivity index (χ0v) is 12.3. The maximum absolute atomic E-state index is 5.75. The van der Waals surface area contributed by atoms with Crippen molar-refractivity contribution in [2.75, 3.05) is 11.5 Å².